The number of imidazole rings is 1. The molecule has 0 aliphatic carbocycles. The van der Waals surface area contributed by atoms with E-state index in [1.54, 1.807) is 71.9 Å². The molecular formula is C59H60FN5O6. The minimum atomic E-state index is -1.13. The molecule has 0 aliphatic rings. The van der Waals surface area contributed by atoms with Crippen LogP contribution in [0.5, 0.6) is 11.5 Å². The zero-order chi connectivity index (χ0) is 50.7. The molecule has 1 unspecified atom stereocenters. The number of hydrogen-bond acceptors (Lipinski definition) is 10. The number of halogens is 1. The van der Waals surface area contributed by atoms with Crippen molar-refractivity contribution in [3.8, 4) is 22.8 Å². The number of benzene rings is 6. The highest BCUT2D eigenvalue weighted by Gasteiger charge is 2.43. The number of anilines is 2. The number of pyridine rings is 1. The molecular weight excluding hydrogens is 894 g/mol. The van der Waals surface area contributed by atoms with Gasteiger partial charge in [-0.25, -0.2) is 23.9 Å². The van der Waals surface area contributed by atoms with Crippen LogP contribution in [0.4, 0.5) is 15.9 Å². The van der Waals surface area contributed by atoms with E-state index in [2.05, 4.69) is 51.3 Å². The van der Waals surface area contributed by atoms with Crippen molar-refractivity contribution in [2.45, 2.75) is 91.2 Å². The van der Waals surface area contributed by atoms with E-state index in [-0.39, 0.29) is 39.9 Å². The zero-order valence-electron chi connectivity index (χ0n) is 41.6. The van der Waals surface area contributed by atoms with E-state index in [9.17, 15) is 9.59 Å². The number of carbonyl (C=O) groups is 2. The fourth-order valence-corrected chi connectivity index (χ4v) is 8.85. The van der Waals surface area contributed by atoms with Crippen molar-refractivity contribution in [2.75, 3.05) is 17.7 Å². The molecule has 8 aromatic rings. The number of fused-ring (bicyclic) bond motifs is 1. The first-order chi connectivity index (χ1) is 33.9. The highest BCUT2D eigenvalue weighted by atomic mass is 19.1. The van der Waals surface area contributed by atoms with Crippen LogP contribution in [-0.4, -0.2) is 50.4 Å². The number of hydrogen-bond donors (Lipinski definition) is 2. The third-order valence-corrected chi connectivity index (χ3v) is 11.6. The Kier molecular flexibility index (Phi) is 14.0. The lowest BCUT2D eigenvalue weighted by Gasteiger charge is -2.39. The first-order valence-electron chi connectivity index (χ1n) is 23.8. The number of carbonyl (C=O) groups excluding carboxylic acids is 2. The van der Waals surface area contributed by atoms with Gasteiger partial charge in [-0.05, 0) is 103 Å². The molecule has 0 saturated heterocycles. The van der Waals surface area contributed by atoms with Gasteiger partial charge >= 0.3 is 11.9 Å². The highest BCUT2D eigenvalue weighted by molar-refractivity contribution is 6.14. The van der Waals surface area contributed by atoms with Crippen LogP contribution in [0.25, 0.3) is 22.0 Å². The molecule has 8 rings (SSSR count). The van der Waals surface area contributed by atoms with Crippen molar-refractivity contribution < 1.29 is 32.9 Å². The summed E-state index contributed by atoms with van der Waals surface area (Å²) in [6.45, 7) is 16.2. The van der Waals surface area contributed by atoms with Gasteiger partial charge in [-0.3, -0.25) is 0 Å². The maximum atomic E-state index is 17.9. The molecule has 364 valence electrons. The van der Waals surface area contributed by atoms with Crippen LogP contribution >= 0.6 is 0 Å². The minimum Gasteiger partial charge on any atom is -0.494 e. The molecule has 0 radical (unpaired) electrons. The fraction of sp³-hybridized carbons (Fsp3) is 0.254. The number of nitrogens with zero attached hydrogens (tertiary/aromatic N) is 3. The second-order valence-electron chi connectivity index (χ2n) is 19.5. The largest absolute Gasteiger partial charge is 0.494 e. The summed E-state index contributed by atoms with van der Waals surface area (Å²) in [5.74, 6) is -1.55. The van der Waals surface area contributed by atoms with Gasteiger partial charge in [-0.15, -0.1) is 0 Å². The number of nitrogen functional groups attached to an aromatic ring is 1. The summed E-state index contributed by atoms with van der Waals surface area (Å²) in [4.78, 5) is 38.3. The summed E-state index contributed by atoms with van der Waals surface area (Å²) < 4.78 is 44.1. The van der Waals surface area contributed by atoms with Gasteiger partial charge in [0, 0.05) is 39.8 Å². The second kappa shape index (κ2) is 20.2. The van der Waals surface area contributed by atoms with Crippen molar-refractivity contribution in [2.24, 2.45) is 0 Å². The van der Waals surface area contributed by atoms with E-state index in [0.29, 0.717) is 34.9 Å². The average Bonchev–Trinajstić information content (AvgIpc) is 3.77. The summed E-state index contributed by atoms with van der Waals surface area (Å²) in [6.07, 6.45) is 1.63. The van der Waals surface area contributed by atoms with E-state index < -0.39 is 40.5 Å². The van der Waals surface area contributed by atoms with Crippen LogP contribution in [0.2, 0.25) is 0 Å². The third-order valence-electron chi connectivity index (χ3n) is 11.6. The predicted octanol–water partition coefficient (Wildman–Crippen LogP) is 13.0. The predicted molar refractivity (Wildman–Crippen MR) is 278 cm³/mol. The van der Waals surface area contributed by atoms with Crippen LogP contribution in [0.15, 0.2) is 158 Å². The van der Waals surface area contributed by atoms with Gasteiger partial charge in [-0.2, -0.15) is 0 Å². The first-order valence-corrected chi connectivity index (χ1v) is 23.8. The van der Waals surface area contributed by atoms with E-state index in [4.69, 9.17) is 29.7 Å². The molecule has 0 aliphatic heterocycles. The molecule has 6 aromatic carbocycles. The molecule has 0 fully saturated rings. The smallest absolute Gasteiger partial charge is 0.358 e. The number of esters is 2. The van der Waals surface area contributed by atoms with E-state index >= 15 is 4.39 Å². The lowest BCUT2D eigenvalue weighted by Crippen LogP contribution is -2.39. The molecule has 0 spiro atoms. The van der Waals surface area contributed by atoms with Gasteiger partial charge < -0.3 is 34.6 Å². The number of nitrogens with one attached hydrogen (secondary N) is 1. The summed E-state index contributed by atoms with van der Waals surface area (Å²) >= 11 is 0. The Morgan fingerprint density at radius 1 is 0.690 bits per heavy atom. The number of rotatable bonds is 15. The summed E-state index contributed by atoms with van der Waals surface area (Å²) in [6, 6.07) is 47.5. The van der Waals surface area contributed by atoms with Crippen molar-refractivity contribution in [3.05, 3.63) is 203 Å². The number of aromatic nitrogens is 3. The topological polar surface area (TPSA) is 140 Å². The number of ether oxygens (including phenoxy) is 4. The Hall–Kier alpha value is -7.99. The highest BCUT2D eigenvalue weighted by Crippen LogP contribution is 2.46. The van der Waals surface area contributed by atoms with Gasteiger partial charge in [0.25, 0.3) is 0 Å². The zero-order valence-corrected chi connectivity index (χ0v) is 41.6. The molecule has 11 nitrogen and oxygen atoms in total. The maximum Gasteiger partial charge on any atom is 0.358 e. The molecule has 3 N–H and O–H groups in total. The van der Waals surface area contributed by atoms with E-state index in [1.807, 2.05) is 112 Å². The van der Waals surface area contributed by atoms with Crippen molar-refractivity contribution >= 4 is 34.2 Å². The Morgan fingerprint density at radius 2 is 1.23 bits per heavy atom. The molecule has 0 amide bonds. The molecule has 0 bridgehead atoms. The summed E-state index contributed by atoms with van der Waals surface area (Å²) in [7, 11) is 0. The molecule has 71 heavy (non-hydrogen) atoms. The molecule has 0 saturated carbocycles. The van der Waals surface area contributed by atoms with Gasteiger partial charge in [-0.1, -0.05) is 121 Å². The summed E-state index contributed by atoms with van der Waals surface area (Å²) in [5.41, 5.74) is 7.89. The molecule has 2 heterocycles. The normalized spacial score (nSPS) is 12.4. The van der Waals surface area contributed by atoms with Crippen LogP contribution in [0.3, 0.4) is 0 Å². The average molecular weight is 954 g/mol. The Bertz CT molecular complexity index is 3070. The van der Waals surface area contributed by atoms with Crippen LogP contribution in [0.1, 0.15) is 117 Å². The van der Waals surface area contributed by atoms with Crippen molar-refractivity contribution in [1.82, 2.24) is 14.5 Å². The molecule has 1 atom stereocenters. The molecule has 2 aromatic heterocycles. The van der Waals surface area contributed by atoms with Crippen molar-refractivity contribution in [3.63, 3.8) is 0 Å². The monoisotopic (exact) mass is 953 g/mol. The standard InChI is InChI=1S/C59H60FN5O6/c1-10-68-43-34-46(50(60)48(35-43)69-37(2)3)51(62-42-31-32-44-45(33-42)49(55(66)70-57(4,5)6)52(64-53(44)61)56(67)71-58(7,8)9)54-63-47(38-23-15-11-16-24-38)36-65(54)59(39-25-17-12-18-26-39,40-27-19-13-20-28-40)41-29-21-14-22-30-41/h11-37,51,62H,10H2,1-9H3,(H2,61,64). The van der Waals surface area contributed by atoms with E-state index in [1.165, 1.54) is 0 Å². The lowest BCUT2D eigenvalue weighted by atomic mass is 9.76. The maximum absolute atomic E-state index is 17.9. The SMILES string of the molecule is CCOc1cc(OC(C)C)c(F)c(C(Nc2ccc3c(N)nc(C(=O)OC(C)(C)C)c(C(=O)OC(C)(C)C)c3c2)c2nc(-c3ccccc3)cn2C(c2ccccc2)(c2ccccc2)c2ccccc2)c1. The van der Waals surface area contributed by atoms with Crippen LogP contribution < -0.4 is 20.5 Å². The van der Waals surface area contributed by atoms with E-state index in [0.717, 1.165) is 22.3 Å². The van der Waals surface area contributed by atoms with Crippen LogP contribution in [-0.2, 0) is 15.0 Å². The Labute approximate surface area is 414 Å². The minimum absolute atomic E-state index is 0.0105. The van der Waals surface area contributed by atoms with Gasteiger partial charge in [0.2, 0.25) is 0 Å². The fourth-order valence-electron chi connectivity index (χ4n) is 8.85. The Morgan fingerprint density at radius 3 is 1.75 bits per heavy atom. The summed E-state index contributed by atoms with van der Waals surface area (Å²) in [5, 5.41) is 4.31. The number of nitrogens with two attached hydrogens (primary N) is 1. The second-order valence-corrected chi connectivity index (χ2v) is 19.5. The van der Waals surface area contributed by atoms with Gasteiger partial charge in [0.05, 0.1) is 18.4 Å². The molecule has 12 heteroatoms. The quantitative estimate of drug-likeness (QED) is 0.0754. The Balaban J connectivity index is 1.49. The van der Waals surface area contributed by atoms with Crippen LogP contribution in [0, 0.1) is 5.82 Å². The van der Waals surface area contributed by atoms with Crippen molar-refractivity contribution in [1.29, 1.82) is 0 Å². The van der Waals surface area contributed by atoms with Gasteiger partial charge in [0.15, 0.2) is 17.3 Å². The lowest BCUT2D eigenvalue weighted by molar-refractivity contribution is 0.00154. The van der Waals surface area contributed by atoms with Gasteiger partial charge in [0.1, 0.15) is 45.7 Å². The first kappa shape index (κ1) is 49.4. The third kappa shape index (κ3) is 10.5.